The third kappa shape index (κ3) is 3.25. The van der Waals surface area contributed by atoms with Crippen molar-refractivity contribution in [2.24, 2.45) is 0 Å². The van der Waals surface area contributed by atoms with Crippen LogP contribution < -0.4 is 0 Å². The quantitative estimate of drug-likeness (QED) is 0.824. The van der Waals surface area contributed by atoms with Gasteiger partial charge in [0.05, 0.1) is 5.56 Å². The van der Waals surface area contributed by atoms with E-state index in [0.29, 0.717) is 10.8 Å². The Morgan fingerprint density at radius 2 is 2.39 bits per heavy atom. The first-order valence-corrected chi connectivity index (χ1v) is 8.30. The van der Waals surface area contributed by atoms with Crippen LogP contribution in [0.2, 0.25) is 0 Å². The minimum absolute atomic E-state index is 0.103. The first kappa shape index (κ1) is 14.3. The zero-order valence-electron chi connectivity index (χ0n) is 10.2. The van der Waals surface area contributed by atoms with Crippen LogP contribution in [0.1, 0.15) is 23.7 Å². The van der Waals surface area contributed by atoms with E-state index in [2.05, 4.69) is 35.5 Å². The average Bonchev–Trinajstić information content (AvgIpc) is 2.38. The summed E-state index contributed by atoms with van der Waals surface area (Å²) >= 11 is 9.74. The smallest absolute Gasteiger partial charge is 0.255 e. The van der Waals surface area contributed by atoms with Crippen LogP contribution >= 0.6 is 40.3 Å². The summed E-state index contributed by atoms with van der Waals surface area (Å²) in [6, 6.07) is 5.60. The number of hydrogen-bond donors (Lipinski definition) is 1. The Balaban J connectivity index is 2.15. The molecule has 1 atom stereocenters. The summed E-state index contributed by atoms with van der Waals surface area (Å²) in [5, 5.41) is 0.571. The van der Waals surface area contributed by atoms with Crippen molar-refractivity contribution in [2.45, 2.75) is 23.5 Å². The van der Waals surface area contributed by atoms with Crippen LogP contribution in [0.25, 0.3) is 0 Å². The van der Waals surface area contributed by atoms with Gasteiger partial charge in [0.2, 0.25) is 0 Å². The molecule has 1 aliphatic rings. The van der Waals surface area contributed by atoms with Gasteiger partial charge < -0.3 is 4.90 Å². The highest BCUT2D eigenvalue weighted by atomic mass is 79.9. The summed E-state index contributed by atoms with van der Waals surface area (Å²) in [7, 11) is 0. The Morgan fingerprint density at radius 3 is 3.06 bits per heavy atom. The van der Waals surface area contributed by atoms with Gasteiger partial charge in [-0.2, -0.15) is 11.8 Å². The molecule has 98 valence electrons. The molecule has 0 aliphatic carbocycles. The van der Waals surface area contributed by atoms with Crippen LogP contribution in [0.15, 0.2) is 27.6 Å². The second-order valence-corrected chi connectivity index (χ2v) is 7.12. The fraction of sp³-hybridized carbons (Fsp3) is 0.462. The van der Waals surface area contributed by atoms with Gasteiger partial charge in [0.1, 0.15) is 0 Å². The van der Waals surface area contributed by atoms with Crippen molar-refractivity contribution >= 4 is 46.2 Å². The number of amides is 1. The van der Waals surface area contributed by atoms with E-state index in [9.17, 15) is 4.79 Å². The lowest BCUT2D eigenvalue weighted by Crippen LogP contribution is -2.41. The predicted octanol–water partition coefficient (Wildman–Crippen LogP) is 3.71. The fourth-order valence-electron chi connectivity index (χ4n) is 2.01. The summed E-state index contributed by atoms with van der Waals surface area (Å²) in [5.41, 5.74) is 0.697. The number of thiol groups is 1. The van der Waals surface area contributed by atoms with Crippen molar-refractivity contribution < 1.29 is 4.79 Å². The van der Waals surface area contributed by atoms with Crippen molar-refractivity contribution in [3.8, 4) is 0 Å². The first-order chi connectivity index (χ1) is 8.61. The summed E-state index contributed by atoms with van der Waals surface area (Å²) in [6.45, 7) is 3.86. The van der Waals surface area contributed by atoms with Crippen molar-refractivity contribution in [2.75, 3.05) is 18.8 Å². The van der Waals surface area contributed by atoms with Crippen LogP contribution in [-0.2, 0) is 0 Å². The molecule has 5 heteroatoms. The molecule has 0 spiro atoms. The molecule has 0 radical (unpaired) electrons. The van der Waals surface area contributed by atoms with Crippen LogP contribution in [0.4, 0.5) is 0 Å². The monoisotopic (exact) mass is 345 g/mol. The molecule has 1 unspecified atom stereocenters. The lowest BCUT2D eigenvalue weighted by Gasteiger charge is -2.32. The third-order valence-electron chi connectivity index (χ3n) is 3.07. The lowest BCUT2D eigenvalue weighted by molar-refractivity contribution is 0.0757. The lowest BCUT2D eigenvalue weighted by atomic mass is 10.2. The number of carbonyl (C=O) groups excluding carboxylic acids is 1. The van der Waals surface area contributed by atoms with Crippen LogP contribution in [-0.4, -0.2) is 34.9 Å². The van der Waals surface area contributed by atoms with Crippen molar-refractivity contribution in [3.63, 3.8) is 0 Å². The van der Waals surface area contributed by atoms with Crippen LogP contribution in [0.3, 0.4) is 0 Å². The molecule has 1 aliphatic heterocycles. The van der Waals surface area contributed by atoms with Gasteiger partial charge in [0.15, 0.2) is 0 Å². The highest BCUT2D eigenvalue weighted by Crippen LogP contribution is 2.25. The van der Waals surface area contributed by atoms with Crippen molar-refractivity contribution in [1.82, 2.24) is 4.90 Å². The molecule has 2 nitrogen and oxygen atoms in total. The highest BCUT2D eigenvalue weighted by molar-refractivity contribution is 9.10. The number of hydrogen-bond acceptors (Lipinski definition) is 3. The van der Waals surface area contributed by atoms with E-state index in [-0.39, 0.29) is 5.91 Å². The van der Waals surface area contributed by atoms with E-state index >= 15 is 0 Å². The largest absolute Gasteiger partial charge is 0.337 e. The standard InChI is InChI=1S/C13H16BrNOS2/c1-2-10-8-15(5-6-18-10)13(16)11-4-3-9(14)7-12(11)17/h3-4,7,10,17H,2,5-6,8H2,1H3. The van der Waals surface area contributed by atoms with Gasteiger partial charge in [0.25, 0.3) is 5.91 Å². The van der Waals surface area contributed by atoms with E-state index in [0.717, 1.165) is 34.6 Å². The van der Waals surface area contributed by atoms with Crippen LogP contribution in [0.5, 0.6) is 0 Å². The predicted molar refractivity (Wildman–Crippen MR) is 83.8 cm³/mol. The fourth-order valence-corrected chi connectivity index (χ4v) is 4.03. The van der Waals surface area contributed by atoms with E-state index < -0.39 is 0 Å². The highest BCUT2D eigenvalue weighted by Gasteiger charge is 2.24. The van der Waals surface area contributed by atoms with Crippen molar-refractivity contribution in [3.05, 3.63) is 28.2 Å². The number of benzene rings is 1. The zero-order valence-corrected chi connectivity index (χ0v) is 13.5. The van der Waals surface area contributed by atoms with Gasteiger partial charge in [-0.15, -0.1) is 12.6 Å². The van der Waals surface area contributed by atoms with E-state index in [1.54, 1.807) is 0 Å². The molecular weight excluding hydrogens is 330 g/mol. The topological polar surface area (TPSA) is 20.3 Å². The molecule has 1 aromatic rings. The van der Waals surface area contributed by atoms with Gasteiger partial charge in [-0.05, 0) is 24.6 Å². The third-order valence-corrected chi connectivity index (χ3v) is 5.31. The van der Waals surface area contributed by atoms with Gasteiger partial charge in [-0.3, -0.25) is 4.79 Å². The maximum atomic E-state index is 12.4. The molecule has 1 amide bonds. The number of carbonyl (C=O) groups is 1. The summed E-state index contributed by atoms with van der Waals surface area (Å²) in [5.74, 6) is 1.13. The second-order valence-electron chi connectivity index (χ2n) is 4.31. The Labute approximate surface area is 126 Å². The molecule has 1 fully saturated rings. The van der Waals surface area contributed by atoms with E-state index in [1.165, 1.54) is 0 Å². The number of nitrogens with zero attached hydrogens (tertiary/aromatic N) is 1. The molecule has 18 heavy (non-hydrogen) atoms. The van der Waals surface area contributed by atoms with E-state index in [4.69, 9.17) is 0 Å². The number of halogens is 1. The summed E-state index contributed by atoms with van der Waals surface area (Å²) in [4.78, 5) is 15.1. The van der Waals surface area contributed by atoms with Crippen LogP contribution in [0, 0.1) is 0 Å². The van der Waals surface area contributed by atoms with Crippen molar-refractivity contribution in [1.29, 1.82) is 0 Å². The zero-order chi connectivity index (χ0) is 13.1. The summed E-state index contributed by atoms with van der Waals surface area (Å²) < 4.78 is 0.949. The Kier molecular flexibility index (Phi) is 5.04. The number of thioether (sulfide) groups is 1. The maximum absolute atomic E-state index is 12.4. The molecule has 1 saturated heterocycles. The van der Waals surface area contributed by atoms with Gasteiger partial charge in [0, 0.05) is 33.5 Å². The second kappa shape index (κ2) is 6.35. The molecule has 0 saturated carbocycles. The average molecular weight is 346 g/mol. The minimum Gasteiger partial charge on any atom is -0.337 e. The molecular formula is C13H16BrNOS2. The Bertz CT molecular complexity index is 453. The number of rotatable bonds is 2. The Hall–Kier alpha value is -0.130. The summed E-state index contributed by atoms with van der Waals surface area (Å²) in [6.07, 6.45) is 1.11. The molecule has 1 aromatic carbocycles. The molecule has 0 aromatic heterocycles. The molecule has 0 N–H and O–H groups in total. The molecule has 2 rings (SSSR count). The molecule has 0 bridgehead atoms. The maximum Gasteiger partial charge on any atom is 0.255 e. The van der Waals surface area contributed by atoms with E-state index in [1.807, 2.05) is 34.9 Å². The van der Waals surface area contributed by atoms with Gasteiger partial charge in [-0.1, -0.05) is 22.9 Å². The van der Waals surface area contributed by atoms with Gasteiger partial charge in [-0.25, -0.2) is 0 Å². The first-order valence-electron chi connectivity index (χ1n) is 6.01. The molecule has 1 heterocycles. The minimum atomic E-state index is 0.103. The Morgan fingerprint density at radius 1 is 1.61 bits per heavy atom. The van der Waals surface area contributed by atoms with Gasteiger partial charge >= 0.3 is 0 Å². The normalized spacial score (nSPS) is 19.9. The SMILES string of the molecule is CCC1CN(C(=O)c2ccc(Br)cc2S)CCS1.